The molecule has 0 saturated carbocycles. The predicted octanol–water partition coefficient (Wildman–Crippen LogP) is 1.60. The van der Waals surface area contributed by atoms with Gasteiger partial charge >= 0.3 is 0 Å². The molecule has 0 saturated heterocycles. The first-order chi connectivity index (χ1) is 5.47. The Labute approximate surface area is 64.5 Å². The van der Waals surface area contributed by atoms with Gasteiger partial charge in [-0.1, -0.05) is 12.2 Å². The van der Waals surface area contributed by atoms with Gasteiger partial charge in [0.05, 0.1) is 0 Å². The van der Waals surface area contributed by atoms with Gasteiger partial charge in [-0.25, -0.2) is 15.0 Å². The van der Waals surface area contributed by atoms with Gasteiger partial charge in [0.25, 0.3) is 0 Å². The van der Waals surface area contributed by atoms with Gasteiger partial charge < -0.3 is 0 Å². The molecule has 0 N–H and O–H groups in total. The van der Waals surface area contributed by atoms with Crippen LogP contribution in [0.15, 0.2) is 23.6 Å². The zero-order valence-electron chi connectivity index (χ0n) is 5.94. The van der Waals surface area contributed by atoms with Crippen molar-refractivity contribution in [2.45, 2.75) is 6.42 Å². The normalized spacial score (nSPS) is 14.2. The van der Waals surface area contributed by atoms with Crippen molar-refractivity contribution in [3.8, 4) is 0 Å². The highest BCUT2D eigenvalue weighted by molar-refractivity contribution is 5.73. The molecule has 1 aromatic heterocycles. The van der Waals surface area contributed by atoms with E-state index in [1.807, 2.05) is 18.4 Å². The summed E-state index contributed by atoms with van der Waals surface area (Å²) >= 11 is 0. The lowest BCUT2D eigenvalue weighted by molar-refractivity contribution is 1.14. The zero-order valence-corrected chi connectivity index (χ0v) is 5.94. The number of hydrogen-bond donors (Lipinski definition) is 0. The van der Waals surface area contributed by atoms with Crippen molar-refractivity contribution < 1.29 is 0 Å². The van der Waals surface area contributed by atoms with Gasteiger partial charge in [-0.05, 0) is 0 Å². The van der Waals surface area contributed by atoms with Gasteiger partial charge in [-0.15, -0.1) is 0 Å². The Bertz CT molecular complexity index is 284. The average molecular weight is 145 g/mol. The maximum absolute atomic E-state index is 4.15. The van der Waals surface area contributed by atoms with Crippen LogP contribution in [0, 0.1) is 0 Å². The number of hydrogen-bond acceptors (Lipinski definition) is 3. The van der Waals surface area contributed by atoms with Crippen molar-refractivity contribution in [1.29, 1.82) is 0 Å². The minimum Gasteiger partial charge on any atom is -0.244 e. The van der Waals surface area contributed by atoms with Gasteiger partial charge in [-0.2, -0.15) is 0 Å². The molecular formula is C8H7N3. The molecule has 11 heavy (non-hydrogen) atoms. The molecule has 2 heterocycles. The van der Waals surface area contributed by atoms with Gasteiger partial charge in [0.15, 0.2) is 5.82 Å². The van der Waals surface area contributed by atoms with Crippen molar-refractivity contribution in [3.05, 3.63) is 24.2 Å². The minimum atomic E-state index is 0.758. The van der Waals surface area contributed by atoms with Crippen molar-refractivity contribution in [2.24, 2.45) is 4.99 Å². The van der Waals surface area contributed by atoms with Crippen molar-refractivity contribution >= 4 is 18.1 Å². The minimum absolute atomic E-state index is 0.758. The molecule has 0 amide bonds. The molecule has 3 heteroatoms. The summed E-state index contributed by atoms with van der Waals surface area (Å²) in [6.07, 6.45) is 10.0. The predicted molar refractivity (Wildman–Crippen MR) is 43.8 cm³/mol. The molecule has 1 aliphatic rings. The molecule has 1 aromatic rings. The average Bonchev–Trinajstić information content (AvgIpc) is 2.28. The van der Waals surface area contributed by atoms with E-state index >= 15 is 0 Å². The van der Waals surface area contributed by atoms with E-state index in [0.717, 1.165) is 17.8 Å². The van der Waals surface area contributed by atoms with E-state index in [0.29, 0.717) is 0 Å². The lowest BCUT2D eigenvalue weighted by atomic mass is 10.3. The first-order valence-corrected chi connectivity index (χ1v) is 3.46. The Kier molecular flexibility index (Phi) is 1.48. The third-order valence-electron chi connectivity index (χ3n) is 1.47. The SMILES string of the molecule is C1=Cc2cncnc2N=CC1. The molecule has 54 valence electrons. The summed E-state index contributed by atoms with van der Waals surface area (Å²) in [4.78, 5) is 12.1. The van der Waals surface area contributed by atoms with E-state index in [-0.39, 0.29) is 0 Å². The number of fused-ring (bicyclic) bond motifs is 1. The highest BCUT2D eigenvalue weighted by atomic mass is 14.9. The molecule has 0 aromatic carbocycles. The summed E-state index contributed by atoms with van der Waals surface area (Å²) in [5.74, 6) is 0.758. The van der Waals surface area contributed by atoms with E-state index in [9.17, 15) is 0 Å². The van der Waals surface area contributed by atoms with Crippen molar-refractivity contribution in [2.75, 3.05) is 0 Å². The van der Waals surface area contributed by atoms with Crippen LogP contribution >= 0.6 is 0 Å². The summed E-state index contributed by atoms with van der Waals surface area (Å²) in [5.41, 5.74) is 0.987. The molecule has 0 radical (unpaired) electrons. The van der Waals surface area contributed by atoms with Crippen LogP contribution in [0.2, 0.25) is 0 Å². The van der Waals surface area contributed by atoms with Gasteiger partial charge in [0.1, 0.15) is 6.33 Å². The summed E-state index contributed by atoms with van der Waals surface area (Å²) in [6.45, 7) is 0. The van der Waals surface area contributed by atoms with Gasteiger partial charge in [-0.3, -0.25) is 0 Å². The summed E-state index contributed by atoms with van der Waals surface area (Å²) < 4.78 is 0. The van der Waals surface area contributed by atoms with Crippen molar-refractivity contribution in [1.82, 2.24) is 9.97 Å². The Hall–Kier alpha value is -1.51. The Morgan fingerprint density at radius 3 is 3.36 bits per heavy atom. The highest BCUT2D eigenvalue weighted by Gasteiger charge is 1.98. The second-order valence-electron chi connectivity index (χ2n) is 2.25. The third-order valence-corrected chi connectivity index (χ3v) is 1.47. The van der Waals surface area contributed by atoms with E-state index < -0.39 is 0 Å². The van der Waals surface area contributed by atoms with Gasteiger partial charge in [0, 0.05) is 24.4 Å². The Balaban J connectivity index is 2.58. The zero-order chi connectivity index (χ0) is 7.52. The Morgan fingerprint density at radius 2 is 2.36 bits per heavy atom. The van der Waals surface area contributed by atoms with E-state index in [1.165, 1.54) is 6.33 Å². The van der Waals surface area contributed by atoms with Crippen LogP contribution < -0.4 is 0 Å². The number of rotatable bonds is 0. The fourth-order valence-electron chi connectivity index (χ4n) is 0.954. The van der Waals surface area contributed by atoms with Crippen LogP contribution in [0.3, 0.4) is 0 Å². The standard InChI is InChI=1S/C8H7N3/c1-2-4-10-8-7(3-1)5-9-6-11-8/h1,3-6H,2H2. The fourth-order valence-corrected chi connectivity index (χ4v) is 0.954. The molecule has 0 unspecified atom stereocenters. The van der Waals surface area contributed by atoms with E-state index in [1.54, 1.807) is 6.20 Å². The lowest BCUT2D eigenvalue weighted by Crippen LogP contribution is -1.80. The summed E-state index contributed by atoms with van der Waals surface area (Å²) in [5, 5.41) is 0. The molecule has 0 atom stereocenters. The summed E-state index contributed by atoms with van der Waals surface area (Å²) in [6, 6.07) is 0. The summed E-state index contributed by atoms with van der Waals surface area (Å²) in [7, 11) is 0. The first-order valence-electron chi connectivity index (χ1n) is 3.46. The van der Waals surface area contributed by atoms with Crippen LogP contribution in [0.1, 0.15) is 12.0 Å². The monoisotopic (exact) mass is 145 g/mol. The van der Waals surface area contributed by atoms with Crippen LogP contribution in [0.4, 0.5) is 5.82 Å². The smallest absolute Gasteiger partial charge is 0.162 e. The number of nitrogens with zero attached hydrogens (tertiary/aromatic N) is 3. The molecule has 1 aliphatic heterocycles. The van der Waals surface area contributed by atoms with Crippen LogP contribution in [-0.2, 0) is 0 Å². The molecule has 0 fully saturated rings. The third kappa shape index (κ3) is 1.17. The lowest BCUT2D eigenvalue weighted by Gasteiger charge is -1.93. The maximum atomic E-state index is 4.15. The quantitative estimate of drug-likeness (QED) is 0.556. The van der Waals surface area contributed by atoms with Crippen LogP contribution in [0.25, 0.3) is 6.08 Å². The molecule has 0 spiro atoms. The second-order valence-corrected chi connectivity index (χ2v) is 2.25. The largest absolute Gasteiger partial charge is 0.244 e. The Morgan fingerprint density at radius 1 is 1.36 bits per heavy atom. The molecule has 3 nitrogen and oxygen atoms in total. The second kappa shape index (κ2) is 2.62. The van der Waals surface area contributed by atoms with E-state index in [4.69, 9.17) is 0 Å². The van der Waals surface area contributed by atoms with Gasteiger partial charge in [0.2, 0.25) is 0 Å². The molecular weight excluding hydrogens is 138 g/mol. The number of aliphatic imine (C=N–C) groups is 1. The van der Waals surface area contributed by atoms with Crippen LogP contribution in [0.5, 0.6) is 0 Å². The number of allylic oxidation sites excluding steroid dienone is 1. The molecule has 2 rings (SSSR count). The maximum Gasteiger partial charge on any atom is 0.162 e. The highest BCUT2D eigenvalue weighted by Crippen LogP contribution is 2.17. The first kappa shape index (κ1) is 6.22. The number of aromatic nitrogens is 2. The topological polar surface area (TPSA) is 38.1 Å². The fraction of sp³-hybridized carbons (Fsp3) is 0.125. The molecule has 0 aliphatic carbocycles. The molecule has 0 bridgehead atoms. The van der Waals surface area contributed by atoms with Crippen LogP contribution in [-0.4, -0.2) is 16.2 Å². The van der Waals surface area contributed by atoms with E-state index in [2.05, 4.69) is 15.0 Å². The van der Waals surface area contributed by atoms with Crippen molar-refractivity contribution in [3.63, 3.8) is 0 Å².